The number of benzene rings is 1. The lowest BCUT2D eigenvalue weighted by atomic mass is 10.1. The van der Waals surface area contributed by atoms with Gasteiger partial charge in [-0.2, -0.15) is 0 Å². The summed E-state index contributed by atoms with van der Waals surface area (Å²) < 4.78 is 16.2. The van der Waals surface area contributed by atoms with Gasteiger partial charge in [0.25, 0.3) is 0 Å². The standard InChI is InChI=1S/C15H22ClNO3/c1-10(13-5-4-6-20-13)17-9-11-7-12(16)15(19-3)14(8-11)18-2/h7-8,10,13,17H,4-6,9H2,1-3H3/t10-,13+/m0/s1. The normalized spacial score (nSPS) is 19.9. The molecule has 0 amide bonds. The molecular weight excluding hydrogens is 278 g/mol. The largest absolute Gasteiger partial charge is 0.493 e. The highest BCUT2D eigenvalue weighted by Gasteiger charge is 2.22. The molecule has 0 radical (unpaired) electrons. The van der Waals surface area contributed by atoms with E-state index >= 15 is 0 Å². The molecule has 0 aliphatic carbocycles. The van der Waals surface area contributed by atoms with Crippen LogP contribution in [-0.2, 0) is 11.3 Å². The van der Waals surface area contributed by atoms with Crippen molar-refractivity contribution >= 4 is 11.6 Å². The van der Waals surface area contributed by atoms with Gasteiger partial charge in [-0.15, -0.1) is 0 Å². The van der Waals surface area contributed by atoms with Crippen LogP contribution >= 0.6 is 11.6 Å². The molecule has 1 aromatic carbocycles. The molecule has 2 atom stereocenters. The maximum absolute atomic E-state index is 6.20. The van der Waals surface area contributed by atoms with Crippen LogP contribution in [0.25, 0.3) is 0 Å². The second kappa shape index (κ2) is 7.16. The first-order valence-corrected chi connectivity index (χ1v) is 7.29. The summed E-state index contributed by atoms with van der Waals surface area (Å²) in [6, 6.07) is 4.17. The molecule has 1 heterocycles. The van der Waals surface area contributed by atoms with Crippen molar-refractivity contribution < 1.29 is 14.2 Å². The van der Waals surface area contributed by atoms with Crippen LogP contribution in [0.2, 0.25) is 5.02 Å². The van der Waals surface area contributed by atoms with E-state index < -0.39 is 0 Å². The molecule has 0 unspecified atom stereocenters. The van der Waals surface area contributed by atoms with Crippen LogP contribution < -0.4 is 14.8 Å². The van der Waals surface area contributed by atoms with E-state index in [0.717, 1.165) is 31.6 Å². The van der Waals surface area contributed by atoms with Gasteiger partial charge in [-0.25, -0.2) is 0 Å². The fraction of sp³-hybridized carbons (Fsp3) is 0.600. The highest BCUT2D eigenvalue weighted by atomic mass is 35.5. The molecule has 1 aromatic rings. The Morgan fingerprint density at radius 2 is 2.20 bits per heavy atom. The van der Waals surface area contributed by atoms with Crippen molar-refractivity contribution in [3.63, 3.8) is 0 Å². The molecule has 0 bridgehead atoms. The molecule has 1 aliphatic rings. The van der Waals surface area contributed by atoms with Gasteiger partial charge in [0.1, 0.15) is 0 Å². The van der Waals surface area contributed by atoms with Gasteiger partial charge in [0.15, 0.2) is 11.5 Å². The zero-order chi connectivity index (χ0) is 14.5. The lowest BCUT2D eigenvalue weighted by Gasteiger charge is -2.20. The number of hydrogen-bond donors (Lipinski definition) is 1. The van der Waals surface area contributed by atoms with Crippen molar-refractivity contribution in [2.75, 3.05) is 20.8 Å². The monoisotopic (exact) mass is 299 g/mol. The molecule has 1 aliphatic heterocycles. The van der Waals surface area contributed by atoms with E-state index in [1.54, 1.807) is 14.2 Å². The highest BCUT2D eigenvalue weighted by Crippen LogP contribution is 2.36. The zero-order valence-corrected chi connectivity index (χ0v) is 13.0. The van der Waals surface area contributed by atoms with Crippen molar-refractivity contribution in [2.45, 2.75) is 38.5 Å². The highest BCUT2D eigenvalue weighted by molar-refractivity contribution is 6.32. The Bertz CT molecular complexity index is 447. The van der Waals surface area contributed by atoms with Gasteiger partial charge >= 0.3 is 0 Å². The second-order valence-electron chi connectivity index (χ2n) is 5.03. The van der Waals surface area contributed by atoms with Crippen molar-refractivity contribution in [1.82, 2.24) is 5.32 Å². The smallest absolute Gasteiger partial charge is 0.179 e. The maximum atomic E-state index is 6.20. The van der Waals surface area contributed by atoms with Crippen molar-refractivity contribution in [2.24, 2.45) is 0 Å². The van der Waals surface area contributed by atoms with Gasteiger partial charge in [-0.3, -0.25) is 0 Å². The van der Waals surface area contributed by atoms with Gasteiger partial charge in [-0.05, 0) is 37.5 Å². The first kappa shape index (κ1) is 15.4. The van der Waals surface area contributed by atoms with Crippen LogP contribution in [0.1, 0.15) is 25.3 Å². The average molecular weight is 300 g/mol. The Labute approximate surface area is 125 Å². The van der Waals surface area contributed by atoms with Crippen molar-refractivity contribution in [3.05, 3.63) is 22.7 Å². The van der Waals surface area contributed by atoms with Crippen LogP contribution in [-0.4, -0.2) is 33.0 Å². The minimum Gasteiger partial charge on any atom is -0.493 e. The van der Waals surface area contributed by atoms with Gasteiger partial charge in [0.05, 0.1) is 25.3 Å². The Balaban J connectivity index is 2.00. The molecule has 0 spiro atoms. The summed E-state index contributed by atoms with van der Waals surface area (Å²) in [4.78, 5) is 0. The molecule has 1 saturated heterocycles. The first-order chi connectivity index (χ1) is 9.65. The van der Waals surface area contributed by atoms with Gasteiger partial charge in [0.2, 0.25) is 0 Å². The van der Waals surface area contributed by atoms with Gasteiger partial charge in [-0.1, -0.05) is 11.6 Å². The van der Waals surface area contributed by atoms with Crippen molar-refractivity contribution in [1.29, 1.82) is 0 Å². The zero-order valence-electron chi connectivity index (χ0n) is 12.2. The number of hydrogen-bond acceptors (Lipinski definition) is 4. The van der Waals surface area contributed by atoms with E-state index in [1.165, 1.54) is 0 Å². The van der Waals surface area contributed by atoms with E-state index in [4.69, 9.17) is 25.8 Å². The van der Waals surface area contributed by atoms with Crippen LogP contribution in [0.15, 0.2) is 12.1 Å². The van der Waals surface area contributed by atoms with Gasteiger partial charge in [0, 0.05) is 19.2 Å². The summed E-state index contributed by atoms with van der Waals surface area (Å²) in [6.07, 6.45) is 2.59. The second-order valence-corrected chi connectivity index (χ2v) is 5.44. The van der Waals surface area contributed by atoms with Crippen LogP contribution in [0.3, 0.4) is 0 Å². The molecular formula is C15H22ClNO3. The van der Waals surface area contributed by atoms with Crippen LogP contribution in [0.5, 0.6) is 11.5 Å². The number of ether oxygens (including phenoxy) is 3. The molecule has 0 saturated carbocycles. The summed E-state index contributed by atoms with van der Waals surface area (Å²) in [5, 5.41) is 4.04. The SMILES string of the molecule is COc1cc(CN[C@@H](C)[C@H]2CCCO2)cc(Cl)c1OC. The van der Waals surface area contributed by atoms with Crippen LogP contribution in [0, 0.1) is 0 Å². The predicted molar refractivity (Wildman–Crippen MR) is 79.8 cm³/mol. The summed E-state index contributed by atoms with van der Waals surface area (Å²) in [7, 11) is 3.20. The van der Waals surface area contributed by atoms with Gasteiger partial charge < -0.3 is 19.5 Å². The Morgan fingerprint density at radius 3 is 2.80 bits per heavy atom. The van der Waals surface area contributed by atoms with Crippen LogP contribution in [0.4, 0.5) is 0 Å². The molecule has 20 heavy (non-hydrogen) atoms. The molecule has 2 rings (SSSR count). The number of methoxy groups -OCH3 is 2. The number of rotatable bonds is 6. The third-order valence-corrected chi connectivity index (χ3v) is 3.92. The minimum absolute atomic E-state index is 0.311. The van der Waals surface area contributed by atoms with E-state index in [1.807, 2.05) is 12.1 Å². The molecule has 4 nitrogen and oxygen atoms in total. The molecule has 112 valence electrons. The summed E-state index contributed by atoms with van der Waals surface area (Å²) in [6.45, 7) is 3.75. The van der Waals surface area contributed by atoms with Crippen molar-refractivity contribution in [3.8, 4) is 11.5 Å². The van der Waals surface area contributed by atoms with E-state index in [-0.39, 0.29) is 0 Å². The maximum Gasteiger partial charge on any atom is 0.179 e. The summed E-state index contributed by atoms with van der Waals surface area (Å²) in [5.74, 6) is 1.23. The first-order valence-electron chi connectivity index (χ1n) is 6.91. The average Bonchev–Trinajstić information content (AvgIpc) is 2.98. The Hall–Kier alpha value is -0.970. The lowest BCUT2D eigenvalue weighted by molar-refractivity contribution is 0.0832. The predicted octanol–water partition coefficient (Wildman–Crippen LogP) is 3.01. The fourth-order valence-corrected chi connectivity index (χ4v) is 2.79. The number of halogens is 1. The Morgan fingerprint density at radius 1 is 1.40 bits per heavy atom. The molecule has 5 heteroatoms. The summed E-state index contributed by atoms with van der Waals surface area (Å²) >= 11 is 6.20. The third-order valence-electron chi connectivity index (χ3n) is 3.64. The quantitative estimate of drug-likeness (QED) is 0.876. The number of nitrogens with one attached hydrogen (secondary N) is 1. The summed E-state index contributed by atoms with van der Waals surface area (Å²) in [5.41, 5.74) is 1.07. The Kier molecular flexibility index (Phi) is 5.52. The molecule has 1 fully saturated rings. The molecule has 0 aromatic heterocycles. The molecule has 1 N–H and O–H groups in total. The third kappa shape index (κ3) is 3.57. The van der Waals surface area contributed by atoms with E-state index in [9.17, 15) is 0 Å². The minimum atomic E-state index is 0.311. The fourth-order valence-electron chi connectivity index (χ4n) is 2.48. The van der Waals surface area contributed by atoms with E-state index in [0.29, 0.717) is 28.7 Å². The lowest BCUT2D eigenvalue weighted by Crippen LogP contribution is -2.36. The van der Waals surface area contributed by atoms with E-state index in [2.05, 4.69) is 12.2 Å². The topological polar surface area (TPSA) is 39.7 Å².